The van der Waals surface area contributed by atoms with Crippen LogP contribution >= 0.6 is 15.9 Å². The van der Waals surface area contributed by atoms with Crippen LogP contribution in [-0.2, 0) is 9.47 Å². The first-order chi connectivity index (χ1) is 10.3. The Morgan fingerprint density at radius 1 is 1.14 bits per heavy atom. The van der Waals surface area contributed by atoms with Crippen LogP contribution in [0, 0.1) is 5.92 Å². The molecule has 1 aliphatic carbocycles. The summed E-state index contributed by atoms with van der Waals surface area (Å²) < 4.78 is 18.4. The van der Waals surface area contributed by atoms with Crippen LogP contribution in [0.4, 0.5) is 0 Å². The summed E-state index contributed by atoms with van der Waals surface area (Å²) in [6.07, 6.45) is 7.37. The first kappa shape index (κ1) is 15.3. The SMILES string of the molecule is Brc1ccc(OCCC2CC(O[C@H]3CCCCO3)C2)cc1. The standard InChI is InChI=1S/C17H23BrO3/c18-14-4-6-15(7-5-14)19-10-8-13-11-16(12-13)21-17-3-1-2-9-20-17/h4-7,13,16-17H,1-3,8-12H2/t13?,16?,17-/m0/s1. The summed E-state index contributed by atoms with van der Waals surface area (Å²) in [6.45, 7) is 1.65. The Morgan fingerprint density at radius 3 is 2.67 bits per heavy atom. The van der Waals surface area contributed by atoms with Gasteiger partial charge < -0.3 is 14.2 Å². The van der Waals surface area contributed by atoms with Crippen molar-refractivity contribution in [3.63, 3.8) is 0 Å². The molecule has 0 aromatic heterocycles. The first-order valence-electron chi connectivity index (χ1n) is 7.95. The molecule has 2 aliphatic rings. The van der Waals surface area contributed by atoms with Gasteiger partial charge >= 0.3 is 0 Å². The van der Waals surface area contributed by atoms with Crippen molar-refractivity contribution < 1.29 is 14.2 Å². The number of hydrogen-bond donors (Lipinski definition) is 0. The van der Waals surface area contributed by atoms with Crippen molar-refractivity contribution in [3.05, 3.63) is 28.7 Å². The van der Waals surface area contributed by atoms with E-state index in [1.54, 1.807) is 0 Å². The van der Waals surface area contributed by atoms with Crippen molar-refractivity contribution in [2.75, 3.05) is 13.2 Å². The maximum absolute atomic E-state index is 5.97. The third-order valence-electron chi connectivity index (χ3n) is 4.28. The molecule has 3 nitrogen and oxygen atoms in total. The van der Waals surface area contributed by atoms with Crippen molar-refractivity contribution in [3.8, 4) is 5.75 Å². The number of benzene rings is 1. The molecule has 1 saturated heterocycles. The Labute approximate surface area is 135 Å². The second-order valence-electron chi connectivity index (χ2n) is 5.98. The van der Waals surface area contributed by atoms with E-state index in [-0.39, 0.29) is 6.29 Å². The molecule has 0 spiro atoms. The molecule has 0 bridgehead atoms. The molecule has 1 aromatic rings. The van der Waals surface area contributed by atoms with Gasteiger partial charge in [0.15, 0.2) is 6.29 Å². The fourth-order valence-corrected chi connectivity index (χ4v) is 3.19. The van der Waals surface area contributed by atoms with Crippen molar-refractivity contribution in [1.82, 2.24) is 0 Å². The molecule has 1 atom stereocenters. The van der Waals surface area contributed by atoms with Gasteiger partial charge in [0, 0.05) is 11.1 Å². The van der Waals surface area contributed by atoms with Crippen molar-refractivity contribution in [2.24, 2.45) is 5.92 Å². The summed E-state index contributed by atoms with van der Waals surface area (Å²) in [6, 6.07) is 8.01. The topological polar surface area (TPSA) is 27.7 Å². The van der Waals surface area contributed by atoms with Crippen LogP contribution in [0.3, 0.4) is 0 Å². The van der Waals surface area contributed by atoms with Crippen LogP contribution in [0.1, 0.15) is 38.5 Å². The average Bonchev–Trinajstić information content (AvgIpc) is 2.47. The smallest absolute Gasteiger partial charge is 0.157 e. The van der Waals surface area contributed by atoms with Crippen molar-refractivity contribution in [1.29, 1.82) is 0 Å². The van der Waals surface area contributed by atoms with Crippen LogP contribution in [0.5, 0.6) is 5.75 Å². The normalized spacial score (nSPS) is 28.9. The predicted molar refractivity (Wildman–Crippen MR) is 85.4 cm³/mol. The zero-order valence-corrected chi connectivity index (χ0v) is 13.9. The molecule has 0 N–H and O–H groups in total. The molecule has 0 radical (unpaired) electrons. The van der Waals surface area contributed by atoms with Gasteiger partial charge in [0.1, 0.15) is 5.75 Å². The monoisotopic (exact) mass is 354 g/mol. The van der Waals surface area contributed by atoms with Gasteiger partial charge in [-0.1, -0.05) is 15.9 Å². The lowest BCUT2D eigenvalue weighted by Crippen LogP contribution is -2.37. The van der Waals surface area contributed by atoms with Gasteiger partial charge in [-0.3, -0.25) is 0 Å². The minimum Gasteiger partial charge on any atom is -0.494 e. The quantitative estimate of drug-likeness (QED) is 0.750. The summed E-state index contributed by atoms with van der Waals surface area (Å²) in [5, 5.41) is 0. The third kappa shape index (κ3) is 4.70. The zero-order chi connectivity index (χ0) is 14.5. The zero-order valence-electron chi connectivity index (χ0n) is 12.3. The lowest BCUT2D eigenvalue weighted by atomic mass is 9.80. The van der Waals surface area contributed by atoms with Gasteiger partial charge in [0.25, 0.3) is 0 Å². The Balaban J connectivity index is 1.27. The lowest BCUT2D eigenvalue weighted by Gasteiger charge is -2.38. The molecule has 1 heterocycles. The van der Waals surface area contributed by atoms with E-state index >= 15 is 0 Å². The summed E-state index contributed by atoms with van der Waals surface area (Å²) >= 11 is 3.42. The van der Waals surface area contributed by atoms with E-state index in [1.165, 1.54) is 12.8 Å². The number of ether oxygens (including phenoxy) is 3. The van der Waals surface area contributed by atoms with Crippen LogP contribution in [0.15, 0.2) is 28.7 Å². The van der Waals surface area contributed by atoms with Gasteiger partial charge in [0.05, 0.1) is 12.7 Å². The van der Waals surface area contributed by atoms with Gasteiger partial charge in [0.2, 0.25) is 0 Å². The summed E-state index contributed by atoms with van der Waals surface area (Å²) in [5.74, 6) is 1.69. The van der Waals surface area contributed by atoms with E-state index in [2.05, 4.69) is 15.9 Å². The van der Waals surface area contributed by atoms with Gasteiger partial charge in [-0.15, -0.1) is 0 Å². The number of hydrogen-bond acceptors (Lipinski definition) is 3. The second-order valence-corrected chi connectivity index (χ2v) is 6.90. The molecule has 1 aromatic carbocycles. The van der Waals surface area contributed by atoms with Crippen LogP contribution in [0.2, 0.25) is 0 Å². The molecule has 21 heavy (non-hydrogen) atoms. The highest BCUT2D eigenvalue weighted by molar-refractivity contribution is 9.10. The highest BCUT2D eigenvalue weighted by Crippen LogP contribution is 2.34. The molecule has 3 rings (SSSR count). The van der Waals surface area contributed by atoms with E-state index in [4.69, 9.17) is 14.2 Å². The van der Waals surface area contributed by atoms with Crippen LogP contribution < -0.4 is 4.74 Å². The summed E-state index contributed by atoms with van der Waals surface area (Å²) in [7, 11) is 0. The highest BCUT2D eigenvalue weighted by atomic mass is 79.9. The van der Waals surface area contributed by atoms with Gasteiger partial charge in [-0.2, -0.15) is 0 Å². The predicted octanol–water partition coefficient (Wildman–Crippen LogP) is 4.54. The van der Waals surface area contributed by atoms with E-state index in [9.17, 15) is 0 Å². The van der Waals surface area contributed by atoms with Crippen LogP contribution in [0.25, 0.3) is 0 Å². The molecule has 1 aliphatic heterocycles. The second kappa shape index (κ2) is 7.61. The van der Waals surface area contributed by atoms with E-state index in [1.807, 2.05) is 24.3 Å². The van der Waals surface area contributed by atoms with Gasteiger partial charge in [-0.05, 0) is 68.7 Å². The van der Waals surface area contributed by atoms with Gasteiger partial charge in [-0.25, -0.2) is 0 Å². The molecule has 2 fully saturated rings. The van der Waals surface area contributed by atoms with E-state index in [0.717, 1.165) is 55.0 Å². The summed E-state index contributed by atoms with van der Waals surface area (Å²) in [4.78, 5) is 0. The molecular formula is C17H23BrO3. The third-order valence-corrected chi connectivity index (χ3v) is 4.81. The number of rotatable bonds is 6. The van der Waals surface area contributed by atoms with E-state index < -0.39 is 0 Å². The minimum absolute atomic E-state index is 0.0590. The minimum atomic E-state index is 0.0590. The first-order valence-corrected chi connectivity index (χ1v) is 8.74. The molecular weight excluding hydrogens is 332 g/mol. The van der Waals surface area contributed by atoms with Crippen molar-refractivity contribution >= 4 is 15.9 Å². The Morgan fingerprint density at radius 2 is 1.95 bits per heavy atom. The Kier molecular flexibility index (Phi) is 5.55. The molecule has 0 amide bonds. The Hall–Kier alpha value is -0.580. The number of halogens is 1. The maximum atomic E-state index is 5.97. The molecule has 116 valence electrons. The van der Waals surface area contributed by atoms with E-state index in [0.29, 0.717) is 6.10 Å². The summed E-state index contributed by atoms with van der Waals surface area (Å²) in [5.41, 5.74) is 0. The molecule has 4 heteroatoms. The molecule has 0 unspecified atom stereocenters. The fourth-order valence-electron chi connectivity index (χ4n) is 2.93. The molecule has 1 saturated carbocycles. The largest absolute Gasteiger partial charge is 0.494 e. The Bertz CT molecular complexity index is 422. The maximum Gasteiger partial charge on any atom is 0.157 e. The lowest BCUT2D eigenvalue weighted by molar-refractivity contribution is -0.210. The highest BCUT2D eigenvalue weighted by Gasteiger charge is 2.32. The fraction of sp³-hybridized carbons (Fsp3) is 0.647. The average molecular weight is 355 g/mol. The van der Waals surface area contributed by atoms with Crippen molar-refractivity contribution in [2.45, 2.75) is 50.9 Å². The van der Waals surface area contributed by atoms with Crippen LogP contribution in [-0.4, -0.2) is 25.6 Å².